The number of likely N-dealkylation sites (tertiary alicyclic amines) is 1. The van der Waals surface area contributed by atoms with Crippen LogP contribution in [0.5, 0.6) is 0 Å². The van der Waals surface area contributed by atoms with Gasteiger partial charge in [-0.15, -0.1) is 0 Å². The Kier molecular flexibility index (Phi) is 5.78. The average molecular weight is 441 g/mol. The van der Waals surface area contributed by atoms with Crippen molar-refractivity contribution in [1.29, 1.82) is 0 Å². The SMILES string of the molecule is CN(C(=O)c1[nH]c2ccccc2c1Br)C1CCN(CCc2ccccn2)CC1. The number of carbonyl (C=O) groups is 1. The van der Waals surface area contributed by atoms with E-state index >= 15 is 0 Å². The van der Waals surface area contributed by atoms with Crippen LogP contribution in [0.2, 0.25) is 0 Å². The Hall–Kier alpha value is -2.18. The summed E-state index contributed by atoms with van der Waals surface area (Å²) in [6.45, 7) is 3.06. The molecule has 1 saturated heterocycles. The van der Waals surface area contributed by atoms with E-state index in [-0.39, 0.29) is 11.9 Å². The second kappa shape index (κ2) is 8.45. The number of aromatic amines is 1. The summed E-state index contributed by atoms with van der Waals surface area (Å²) in [7, 11) is 1.93. The van der Waals surface area contributed by atoms with Crippen molar-refractivity contribution >= 4 is 32.7 Å². The lowest BCUT2D eigenvalue weighted by Gasteiger charge is -2.36. The number of nitrogens with zero attached hydrogens (tertiary/aromatic N) is 3. The normalized spacial score (nSPS) is 15.8. The van der Waals surface area contributed by atoms with Gasteiger partial charge in [-0.3, -0.25) is 9.78 Å². The van der Waals surface area contributed by atoms with Crippen LogP contribution < -0.4 is 0 Å². The van der Waals surface area contributed by atoms with E-state index < -0.39 is 0 Å². The number of halogens is 1. The van der Waals surface area contributed by atoms with E-state index in [1.165, 1.54) is 0 Å². The van der Waals surface area contributed by atoms with Crippen molar-refractivity contribution in [2.45, 2.75) is 25.3 Å². The van der Waals surface area contributed by atoms with Gasteiger partial charge in [0.1, 0.15) is 5.69 Å². The number of benzene rings is 1. The molecule has 4 rings (SSSR count). The van der Waals surface area contributed by atoms with Crippen molar-refractivity contribution in [1.82, 2.24) is 19.8 Å². The van der Waals surface area contributed by atoms with Gasteiger partial charge in [-0.2, -0.15) is 0 Å². The fourth-order valence-electron chi connectivity index (χ4n) is 3.95. The van der Waals surface area contributed by atoms with Crippen LogP contribution in [0.15, 0.2) is 53.1 Å². The number of carbonyl (C=O) groups excluding carboxylic acids is 1. The molecule has 1 amide bonds. The zero-order valence-electron chi connectivity index (χ0n) is 16.1. The van der Waals surface area contributed by atoms with Crippen LogP contribution in [0, 0.1) is 0 Å². The van der Waals surface area contributed by atoms with E-state index in [4.69, 9.17) is 0 Å². The van der Waals surface area contributed by atoms with Gasteiger partial charge >= 0.3 is 0 Å². The zero-order chi connectivity index (χ0) is 19.5. The Bertz CT molecular complexity index is 948. The third-order valence-corrected chi connectivity index (χ3v) is 6.52. The van der Waals surface area contributed by atoms with Gasteiger partial charge in [0.05, 0.1) is 4.47 Å². The van der Waals surface area contributed by atoms with Gasteiger partial charge in [-0.1, -0.05) is 24.3 Å². The summed E-state index contributed by atoms with van der Waals surface area (Å²) >= 11 is 3.60. The molecule has 1 aliphatic heterocycles. The first-order valence-corrected chi connectivity index (χ1v) is 10.6. The monoisotopic (exact) mass is 440 g/mol. The molecule has 6 heteroatoms. The summed E-state index contributed by atoms with van der Waals surface area (Å²) in [5.74, 6) is 0.0509. The van der Waals surface area contributed by atoms with Crippen molar-refractivity contribution in [2.24, 2.45) is 0 Å². The Balaban J connectivity index is 1.35. The van der Waals surface area contributed by atoms with Crippen LogP contribution >= 0.6 is 15.9 Å². The quantitative estimate of drug-likeness (QED) is 0.649. The Morgan fingerprint density at radius 1 is 1.21 bits per heavy atom. The second-order valence-electron chi connectivity index (χ2n) is 7.42. The molecule has 3 heterocycles. The predicted molar refractivity (Wildman–Crippen MR) is 115 cm³/mol. The first-order valence-electron chi connectivity index (χ1n) is 9.79. The molecule has 0 bridgehead atoms. The number of nitrogens with one attached hydrogen (secondary N) is 1. The highest BCUT2D eigenvalue weighted by Gasteiger charge is 2.28. The van der Waals surface area contributed by atoms with Gasteiger partial charge in [-0.05, 0) is 47.0 Å². The van der Waals surface area contributed by atoms with E-state index in [0.717, 1.165) is 60.0 Å². The molecule has 5 nitrogen and oxygen atoms in total. The van der Waals surface area contributed by atoms with Crippen molar-refractivity contribution in [3.63, 3.8) is 0 Å². The number of H-pyrrole nitrogens is 1. The Morgan fingerprint density at radius 2 is 1.96 bits per heavy atom. The highest BCUT2D eigenvalue weighted by molar-refractivity contribution is 9.10. The van der Waals surface area contributed by atoms with Crippen LogP contribution in [0.4, 0.5) is 0 Å². The minimum atomic E-state index is 0.0509. The molecule has 0 atom stereocenters. The average Bonchev–Trinajstić information content (AvgIpc) is 3.09. The number of aromatic nitrogens is 2. The number of hydrogen-bond acceptors (Lipinski definition) is 3. The summed E-state index contributed by atoms with van der Waals surface area (Å²) < 4.78 is 0.854. The summed E-state index contributed by atoms with van der Waals surface area (Å²) in [6.07, 6.45) is 4.83. The molecular weight excluding hydrogens is 416 g/mol. The fourth-order valence-corrected chi connectivity index (χ4v) is 4.56. The number of rotatable bonds is 5. The van der Waals surface area contributed by atoms with Crippen LogP contribution in [-0.4, -0.2) is 58.4 Å². The number of amides is 1. The van der Waals surface area contributed by atoms with Gasteiger partial charge in [0.2, 0.25) is 0 Å². The molecule has 28 heavy (non-hydrogen) atoms. The lowest BCUT2D eigenvalue weighted by molar-refractivity contribution is 0.0638. The summed E-state index contributed by atoms with van der Waals surface area (Å²) in [6, 6.07) is 14.3. The van der Waals surface area contributed by atoms with E-state index in [1.807, 2.05) is 54.5 Å². The summed E-state index contributed by atoms with van der Waals surface area (Å²) in [4.78, 5) is 25.1. The standard InChI is InChI=1S/C22H25BrN4O/c1-26(22(28)21-20(23)18-7-2-3-8-19(18)25-21)17-10-14-27(15-11-17)13-9-16-6-4-5-12-24-16/h2-8,12,17,25H,9-11,13-15H2,1H3. The van der Waals surface area contributed by atoms with Gasteiger partial charge < -0.3 is 14.8 Å². The molecule has 146 valence electrons. The maximum atomic E-state index is 13.1. The molecule has 0 saturated carbocycles. The van der Waals surface area contributed by atoms with Crippen LogP contribution in [-0.2, 0) is 6.42 Å². The van der Waals surface area contributed by atoms with Crippen molar-refractivity contribution in [3.05, 3.63) is 64.5 Å². The number of para-hydroxylation sites is 1. The highest BCUT2D eigenvalue weighted by atomic mass is 79.9. The van der Waals surface area contributed by atoms with Gasteiger partial charge in [-0.25, -0.2) is 0 Å². The number of pyridine rings is 1. The smallest absolute Gasteiger partial charge is 0.271 e. The maximum absolute atomic E-state index is 13.1. The van der Waals surface area contributed by atoms with Crippen LogP contribution in [0.25, 0.3) is 10.9 Å². The molecule has 1 fully saturated rings. The Labute approximate surface area is 173 Å². The van der Waals surface area contributed by atoms with Crippen molar-refractivity contribution in [3.8, 4) is 0 Å². The first kappa shape index (κ1) is 19.2. The molecule has 0 spiro atoms. The van der Waals surface area contributed by atoms with Crippen LogP contribution in [0.1, 0.15) is 29.0 Å². The third kappa shape index (κ3) is 3.98. The third-order valence-electron chi connectivity index (χ3n) is 5.69. The van der Waals surface area contributed by atoms with Crippen LogP contribution in [0.3, 0.4) is 0 Å². The van der Waals surface area contributed by atoms with Gasteiger partial charge in [0.25, 0.3) is 5.91 Å². The van der Waals surface area contributed by atoms with E-state index in [0.29, 0.717) is 5.69 Å². The fraction of sp³-hybridized carbons (Fsp3) is 0.364. The van der Waals surface area contributed by atoms with Gasteiger partial charge in [0, 0.05) is 61.9 Å². The molecule has 0 radical (unpaired) electrons. The first-order chi connectivity index (χ1) is 13.6. The van der Waals surface area contributed by atoms with E-state index in [1.54, 1.807) is 0 Å². The predicted octanol–water partition coefficient (Wildman–Crippen LogP) is 4.10. The molecule has 1 aliphatic rings. The molecule has 2 aromatic heterocycles. The number of piperidine rings is 1. The highest BCUT2D eigenvalue weighted by Crippen LogP contribution is 2.29. The number of hydrogen-bond donors (Lipinski definition) is 1. The maximum Gasteiger partial charge on any atom is 0.271 e. The number of fused-ring (bicyclic) bond motifs is 1. The topological polar surface area (TPSA) is 52.2 Å². The van der Waals surface area contributed by atoms with Gasteiger partial charge in [0.15, 0.2) is 0 Å². The molecular formula is C22H25BrN4O. The summed E-state index contributed by atoms with van der Waals surface area (Å²) in [5.41, 5.74) is 2.76. The molecule has 0 unspecified atom stereocenters. The van der Waals surface area contributed by atoms with Crippen molar-refractivity contribution < 1.29 is 4.79 Å². The molecule has 1 N–H and O–H groups in total. The second-order valence-corrected chi connectivity index (χ2v) is 8.21. The zero-order valence-corrected chi connectivity index (χ0v) is 17.7. The largest absolute Gasteiger partial charge is 0.350 e. The lowest BCUT2D eigenvalue weighted by Crippen LogP contribution is -2.46. The minimum Gasteiger partial charge on any atom is -0.350 e. The summed E-state index contributed by atoms with van der Waals surface area (Å²) in [5, 5.41) is 1.04. The van der Waals surface area contributed by atoms with E-state index in [2.05, 4.69) is 36.9 Å². The van der Waals surface area contributed by atoms with Crippen molar-refractivity contribution in [2.75, 3.05) is 26.7 Å². The Morgan fingerprint density at radius 3 is 2.68 bits per heavy atom. The molecule has 0 aliphatic carbocycles. The minimum absolute atomic E-state index is 0.0509. The van der Waals surface area contributed by atoms with E-state index in [9.17, 15) is 4.79 Å². The lowest BCUT2D eigenvalue weighted by atomic mass is 10.0. The molecule has 3 aromatic rings. The molecule has 1 aromatic carbocycles.